The second kappa shape index (κ2) is 6.98. The van der Waals surface area contributed by atoms with E-state index in [2.05, 4.69) is 29.2 Å². The molecule has 1 amide bonds. The molecule has 1 fully saturated rings. The Morgan fingerprint density at radius 2 is 1.77 bits per heavy atom. The number of amides is 1. The van der Waals surface area contributed by atoms with E-state index in [0.29, 0.717) is 23.6 Å². The maximum atomic E-state index is 13.4. The molecule has 1 N–H and O–H groups in total. The van der Waals surface area contributed by atoms with Gasteiger partial charge in [0.1, 0.15) is 0 Å². The Morgan fingerprint density at radius 3 is 2.58 bits per heavy atom. The second-order valence-corrected chi connectivity index (χ2v) is 8.60. The topological polar surface area (TPSA) is 66.3 Å². The number of nitrogens with zero attached hydrogens (tertiary/aromatic N) is 1. The third kappa shape index (κ3) is 3.26. The molecule has 31 heavy (non-hydrogen) atoms. The minimum atomic E-state index is -0.466. The van der Waals surface area contributed by atoms with Crippen LogP contribution in [0.15, 0.2) is 75.9 Å². The molecule has 0 bridgehead atoms. The summed E-state index contributed by atoms with van der Waals surface area (Å²) in [7, 11) is 0. The number of aromatic amines is 1. The molecule has 3 aromatic carbocycles. The molecular formula is C26H22N2O3. The molecule has 1 unspecified atom stereocenters. The summed E-state index contributed by atoms with van der Waals surface area (Å²) in [6, 6.07) is 22.3. The number of hydrogen-bond acceptors (Lipinski definition) is 3. The highest BCUT2D eigenvalue weighted by molar-refractivity contribution is 5.99. The summed E-state index contributed by atoms with van der Waals surface area (Å²) < 4.78 is 5.22. The highest BCUT2D eigenvalue weighted by Crippen LogP contribution is 2.44. The van der Waals surface area contributed by atoms with Gasteiger partial charge in [0.15, 0.2) is 5.58 Å². The number of aromatic nitrogens is 1. The van der Waals surface area contributed by atoms with E-state index in [1.807, 2.05) is 47.4 Å². The van der Waals surface area contributed by atoms with Gasteiger partial charge in [0.05, 0.1) is 11.6 Å². The Labute approximate surface area is 179 Å². The molecule has 1 aliphatic heterocycles. The predicted octanol–water partition coefficient (Wildman–Crippen LogP) is 4.94. The maximum absolute atomic E-state index is 13.4. The molecule has 4 aromatic rings. The van der Waals surface area contributed by atoms with Gasteiger partial charge in [-0.1, -0.05) is 48.5 Å². The van der Waals surface area contributed by atoms with Gasteiger partial charge in [0, 0.05) is 12.1 Å². The van der Waals surface area contributed by atoms with Gasteiger partial charge in [-0.25, -0.2) is 4.79 Å². The molecule has 0 saturated heterocycles. The zero-order chi connectivity index (χ0) is 20.9. The van der Waals surface area contributed by atoms with Gasteiger partial charge in [0.2, 0.25) is 0 Å². The monoisotopic (exact) mass is 410 g/mol. The SMILES string of the molecule is O=C1c2ccc(C3CC3)cc2C(Cc2ccccc2)N1Cc1ccc2[nH]c(=O)oc2c1. The van der Waals surface area contributed by atoms with Crippen molar-refractivity contribution in [2.24, 2.45) is 0 Å². The summed E-state index contributed by atoms with van der Waals surface area (Å²) in [5, 5.41) is 0. The van der Waals surface area contributed by atoms with Crippen LogP contribution in [0, 0.1) is 0 Å². The van der Waals surface area contributed by atoms with E-state index in [9.17, 15) is 9.59 Å². The fourth-order valence-corrected chi connectivity index (χ4v) is 4.71. The molecule has 1 aromatic heterocycles. The lowest BCUT2D eigenvalue weighted by Crippen LogP contribution is -2.28. The van der Waals surface area contributed by atoms with Crippen LogP contribution in [0.3, 0.4) is 0 Å². The average molecular weight is 410 g/mol. The van der Waals surface area contributed by atoms with Gasteiger partial charge in [-0.05, 0) is 65.6 Å². The van der Waals surface area contributed by atoms with Gasteiger partial charge in [-0.3, -0.25) is 9.78 Å². The number of benzene rings is 3. The predicted molar refractivity (Wildman–Crippen MR) is 118 cm³/mol. The number of fused-ring (bicyclic) bond motifs is 2. The summed E-state index contributed by atoms with van der Waals surface area (Å²) in [6.07, 6.45) is 3.25. The molecule has 0 spiro atoms. The molecule has 154 valence electrons. The first-order chi connectivity index (χ1) is 15.2. The fourth-order valence-electron chi connectivity index (χ4n) is 4.71. The van der Waals surface area contributed by atoms with E-state index in [1.54, 1.807) is 0 Å². The van der Waals surface area contributed by atoms with Crippen molar-refractivity contribution < 1.29 is 9.21 Å². The lowest BCUT2D eigenvalue weighted by Gasteiger charge is -2.26. The van der Waals surface area contributed by atoms with Crippen LogP contribution < -0.4 is 5.76 Å². The van der Waals surface area contributed by atoms with Crippen molar-refractivity contribution in [2.45, 2.75) is 37.8 Å². The molecule has 1 atom stereocenters. The molecule has 1 saturated carbocycles. The zero-order valence-electron chi connectivity index (χ0n) is 17.0. The summed E-state index contributed by atoms with van der Waals surface area (Å²) in [5.41, 5.74) is 6.62. The number of nitrogens with one attached hydrogen (secondary N) is 1. The largest absolute Gasteiger partial charge is 0.417 e. The van der Waals surface area contributed by atoms with Crippen LogP contribution in [-0.4, -0.2) is 15.8 Å². The summed E-state index contributed by atoms with van der Waals surface area (Å²) in [6.45, 7) is 0.467. The van der Waals surface area contributed by atoms with Crippen LogP contribution in [0.4, 0.5) is 0 Å². The first kappa shape index (κ1) is 18.2. The van der Waals surface area contributed by atoms with Crippen LogP contribution >= 0.6 is 0 Å². The number of oxazole rings is 1. The smallest absolute Gasteiger partial charge is 0.408 e. The molecule has 5 heteroatoms. The third-order valence-corrected chi connectivity index (χ3v) is 6.46. The fraction of sp³-hybridized carbons (Fsp3) is 0.231. The van der Waals surface area contributed by atoms with E-state index in [1.165, 1.54) is 24.0 Å². The Bertz CT molecular complexity index is 1350. The van der Waals surface area contributed by atoms with E-state index >= 15 is 0 Å². The first-order valence-electron chi connectivity index (χ1n) is 10.8. The Morgan fingerprint density at radius 1 is 0.935 bits per heavy atom. The Kier molecular flexibility index (Phi) is 4.10. The van der Waals surface area contributed by atoms with Crippen LogP contribution in [-0.2, 0) is 13.0 Å². The lowest BCUT2D eigenvalue weighted by molar-refractivity contribution is 0.0709. The van der Waals surface area contributed by atoms with Gasteiger partial charge in [0.25, 0.3) is 5.91 Å². The number of H-pyrrole nitrogens is 1. The molecule has 5 nitrogen and oxygen atoms in total. The van der Waals surface area contributed by atoms with Gasteiger partial charge >= 0.3 is 5.76 Å². The van der Waals surface area contributed by atoms with Gasteiger partial charge in [-0.2, -0.15) is 0 Å². The summed E-state index contributed by atoms with van der Waals surface area (Å²) in [5.74, 6) is 0.242. The summed E-state index contributed by atoms with van der Waals surface area (Å²) in [4.78, 5) is 29.5. The van der Waals surface area contributed by atoms with Crippen molar-refractivity contribution in [3.63, 3.8) is 0 Å². The Balaban J connectivity index is 1.39. The van der Waals surface area contributed by atoms with Crippen molar-refractivity contribution in [2.75, 3.05) is 0 Å². The van der Waals surface area contributed by atoms with Crippen LogP contribution in [0.2, 0.25) is 0 Å². The minimum Gasteiger partial charge on any atom is -0.408 e. The lowest BCUT2D eigenvalue weighted by atomic mass is 9.95. The van der Waals surface area contributed by atoms with Crippen molar-refractivity contribution >= 4 is 17.0 Å². The van der Waals surface area contributed by atoms with Crippen molar-refractivity contribution in [3.05, 3.63) is 105 Å². The average Bonchev–Trinajstić information content (AvgIpc) is 3.52. The number of carbonyl (C=O) groups excluding carboxylic acids is 1. The van der Waals surface area contributed by atoms with Crippen LogP contribution in [0.25, 0.3) is 11.1 Å². The normalized spacial score (nSPS) is 18.0. The number of hydrogen-bond donors (Lipinski definition) is 1. The zero-order valence-corrected chi connectivity index (χ0v) is 17.0. The molecule has 6 rings (SSSR count). The molecule has 0 radical (unpaired) electrons. The molecule has 1 aliphatic carbocycles. The van der Waals surface area contributed by atoms with Crippen molar-refractivity contribution in [1.82, 2.24) is 9.88 Å². The number of carbonyl (C=O) groups is 1. The van der Waals surface area contributed by atoms with Crippen molar-refractivity contribution in [1.29, 1.82) is 0 Å². The van der Waals surface area contributed by atoms with Crippen molar-refractivity contribution in [3.8, 4) is 0 Å². The number of rotatable bonds is 5. The maximum Gasteiger partial charge on any atom is 0.417 e. The standard InChI is InChI=1S/C26H22N2O3/c29-25-20-10-9-19(18-7-8-18)14-21(20)23(12-16-4-2-1-3-5-16)28(25)15-17-6-11-22-24(13-17)31-26(30)27-22/h1-6,9-11,13-14,18,23H,7-8,12,15H2,(H,27,30). The van der Waals surface area contributed by atoms with Gasteiger partial charge in [-0.15, -0.1) is 0 Å². The van der Waals surface area contributed by atoms with E-state index in [0.717, 1.165) is 23.1 Å². The van der Waals surface area contributed by atoms with Crippen LogP contribution in [0.1, 0.15) is 57.4 Å². The van der Waals surface area contributed by atoms with E-state index in [4.69, 9.17) is 4.42 Å². The van der Waals surface area contributed by atoms with Gasteiger partial charge < -0.3 is 9.32 Å². The van der Waals surface area contributed by atoms with E-state index in [-0.39, 0.29) is 11.9 Å². The quantitative estimate of drug-likeness (QED) is 0.507. The second-order valence-electron chi connectivity index (χ2n) is 8.60. The molecular weight excluding hydrogens is 388 g/mol. The Hall–Kier alpha value is -3.60. The third-order valence-electron chi connectivity index (χ3n) is 6.46. The molecule has 2 aliphatic rings. The first-order valence-corrected chi connectivity index (χ1v) is 10.8. The highest BCUT2D eigenvalue weighted by Gasteiger charge is 2.38. The minimum absolute atomic E-state index is 0.0162. The van der Waals surface area contributed by atoms with Crippen LogP contribution in [0.5, 0.6) is 0 Å². The highest BCUT2D eigenvalue weighted by atomic mass is 16.4. The summed E-state index contributed by atoms with van der Waals surface area (Å²) >= 11 is 0. The van der Waals surface area contributed by atoms with E-state index < -0.39 is 5.76 Å². The molecule has 2 heterocycles.